The van der Waals surface area contributed by atoms with Crippen LogP contribution in [0.2, 0.25) is 0 Å². The molecule has 4 heteroatoms. The molecule has 0 aliphatic carbocycles. The summed E-state index contributed by atoms with van der Waals surface area (Å²) in [6.45, 7) is 0. The Kier molecular flexibility index (Phi) is 4.75. The number of benzene rings is 3. The lowest BCUT2D eigenvalue weighted by Crippen LogP contribution is -1.99. The maximum absolute atomic E-state index is 4.78. The van der Waals surface area contributed by atoms with Crippen LogP contribution in [-0.4, -0.2) is 9.97 Å². The minimum atomic E-state index is 0.692. The van der Waals surface area contributed by atoms with E-state index in [9.17, 15) is 0 Å². The third-order valence-corrected chi connectivity index (χ3v) is 4.47. The van der Waals surface area contributed by atoms with Crippen molar-refractivity contribution in [2.75, 3.05) is 5.32 Å². The minimum absolute atomic E-state index is 0.692. The van der Waals surface area contributed by atoms with Gasteiger partial charge in [0.2, 0.25) is 0 Å². The number of hydrogen-bond donors (Lipinski definition) is 1. The number of nitrogens with one attached hydrogen (secondary N) is 1. The zero-order valence-corrected chi connectivity index (χ0v) is 15.5. The Bertz CT molecular complexity index is 1000. The van der Waals surface area contributed by atoms with Gasteiger partial charge in [-0.3, -0.25) is 0 Å². The molecule has 3 nitrogen and oxygen atoms in total. The van der Waals surface area contributed by atoms with Gasteiger partial charge in [0.05, 0.1) is 5.69 Å². The van der Waals surface area contributed by atoms with E-state index in [2.05, 4.69) is 33.4 Å². The van der Waals surface area contributed by atoms with E-state index in [0.717, 1.165) is 32.8 Å². The first-order valence-corrected chi connectivity index (χ1v) is 9.10. The smallest absolute Gasteiger partial charge is 0.162 e. The van der Waals surface area contributed by atoms with Gasteiger partial charge in [-0.2, -0.15) is 0 Å². The summed E-state index contributed by atoms with van der Waals surface area (Å²) >= 11 is 3.47. The Morgan fingerprint density at radius 1 is 0.654 bits per heavy atom. The van der Waals surface area contributed by atoms with E-state index in [1.165, 1.54) is 0 Å². The summed E-state index contributed by atoms with van der Waals surface area (Å²) in [6, 6.07) is 30.2. The van der Waals surface area contributed by atoms with Gasteiger partial charge in [0.15, 0.2) is 5.82 Å². The SMILES string of the molecule is Brc1ccc(-c2nc(Nc3ccccc3)cc(-c3ccccc3)n2)cc1. The van der Waals surface area contributed by atoms with Crippen molar-refractivity contribution >= 4 is 27.4 Å². The van der Waals surface area contributed by atoms with Gasteiger partial charge >= 0.3 is 0 Å². The monoisotopic (exact) mass is 401 g/mol. The first-order valence-electron chi connectivity index (χ1n) is 8.30. The van der Waals surface area contributed by atoms with Gasteiger partial charge in [-0.1, -0.05) is 76.6 Å². The number of halogens is 1. The highest BCUT2D eigenvalue weighted by atomic mass is 79.9. The van der Waals surface area contributed by atoms with Crippen molar-refractivity contribution in [2.24, 2.45) is 0 Å². The van der Waals surface area contributed by atoms with E-state index in [0.29, 0.717) is 5.82 Å². The predicted molar refractivity (Wildman–Crippen MR) is 110 cm³/mol. The first-order chi connectivity index (χ1) is 12.8. The van der Waals surface area contributed by atoms with Crippen LogP contribution in [0, 0.1) is 0 Å². The Balaban J connectivity index is 1.80. The molecule has 1 N–H and O–H groups in total. The summed E-state index contributed by atoms with van der Waals surface area (Å²) in [5.41, 5.74) is 3.91. The van der Waals surface area contributed by atoms with Crippen molar-refractivity contribution < 1.29 is 0 Å². The van der Waals surface area contributed by atoms with Crippen LogP contribution in [0.5, 0.6) is 0 Å². The predicted octanol–water partition coefficient (Wildman–Crippen LogP) is 6.32. The summed E-state index contributed by atoms with van der Waals surface area (Å²) in [6.07, 6.45) is 0. The molecule has 0 amide bonds. The summed E-state index contributed by atoms with van der Waals surface area (Å²) in [4.78, 5) is 9.50. The molecule has 26 heavy (non-hydrogen) atoms. The van der Waals surface area contributed by atoms with Gasteiger partial charge in [0.1, 0.15) is 5.82 Å². The van der Waals surface area contributed by atoms with Crippen LogP contribution in [-0.2, 0) is 0 Å². The van der Waals surface area contributed by atoms with Gasteiger partial charge in [-0.15, -0.1) is 0 Å². The Hall–Kier alpha value is -2.98. The summed E-state index contributed by atoms with van der Waals surface area (Å²) in [7, 11) is 0. The fraction of sp³-hybridized carbons (Fsp3) is 0. The Morgan fingerprint density at radius 3 is 2.00 bits per heavy atom. The molecule has 0 bridgehead atoms. The van der Waals surface area contributed by atoms with E-state index in [1.54, 1.807) is 0 Å². The third-order valence-electron chi connectivity index (χ3n) is 3.94. The standard InChI is InChI=1S/C22H16BrN3/c23-18-13-11-17(12-14-18)22-25-20(16-7-3-1-4-8-16)15-21(26-22)24-19-9-5-2-6-10-19/h1-15H,(H,24,25,26). The topological polar surface area (TPSA) is 37.8 Å². The van der Waals surface area contributed by atoms with Gasteiger partial charge in [-0.05, 0) is 24.3 Å². The molecule has 0 spiro atoms. The maximum atomic E-state index is 4.78. The molecule has 0 unspecified atom stereocenters. The van der Waals surface area contributed by atoms with Crippen molar-refractivity contribution in [1.82, 2.24) is 9.97 Å². The van der Waals surface area contributed by atoms with Crippen molar-refractivity contribution in [3.8, 4) is 22.6 Å². The van der Waals surface area contributed by atoms with Crippen LogP contribution in [0.3, 0.4) is 0 Å². The molecular formula is C22H16BrN3. The van der Waals surface area contributed by atoms with E-state index in [-0.39, 0.29) is 0 Å². The largest absolute Gasteiger partial charge is 0.340 e. The van der Waals surface area contributed by atoms with Crippen LogP contribution in [0.15, 0.2) is 95.5 Å². The summed E-state index contributed by atoms with van der Waals surface area (Å²) in [5.74, 6) is 1.46. The van der Waals surface area contributed by atoms with Gasteiger partial charge in [0.25, 0.3) is 0 Å². The van der Waals surface area contributed by atoms with Crippen LogP contribution >= 0.6 is 15.9 Å². The quantitative estimate of drug-likeness (QED) is 0.434. The summed E-state index contributed by atoms with van der Waals surface area (Å²) < 4.78 is 1.03. The van der Waals surface area contributed by atoms with E-state index in [4.69, 9.17) is 9.97 Å². The van der Waals surface area contributed by atoms with Crippen LogP contribution in [0.1, 0.15) is 0 Å². The van der Waals surface area contributed by atoms with E-state index in [1.807, 2.05) is 78.9 Å². The summed E-state index contributed by atoms with van der Waals surface area (Å²) in [5, 5.41) is 3.38. The Morgan fingerprint density at radius 2 is 1.31 bits per heavy atom. The van der Waals surface area contributed by atoms with E-state index >= 15 is 0 Å². The number of aromatic nitrogens is 2. The number of hydrogen-bond acceptors (Lipinski definition) is 3. The lowest BCUT2D eigenvalue weighted by molar-refractivity contribution is 1.18. The molecule has 4 aromatic rings. The highest BCUT2D eigenvalue weighted by Crippen LogP contribution is 2.26. The highest BCUT2D eigenvalue weighted by molar-refractivity contribution is 9.10. The van der Waals surface area contributed by atoms with Crippen LogP contribution in [0.25, 0.3) is 22.6 Å². The second-order valence-corrected chi connectivity index (χ2v) is 6.74. The molecule has 1 aromatic heterocycles. The lowest BCUT2D eigenvalue weighted by Gasteiger charge is -2.11. The van der Waals surface area contributed by atoms with E-state index < -0.39 is 0 Å². The second kappa shape index (κ2) is 7.50. The van der Waals surface area contributed by atoms with Crippen molar-refractivity contribution in [2.45, 2.75) is 0 Å². The molecule has 126 valence electrons. The van der Waals surface area contributed by atoms with Crippen LogP contribution in [0.4, 0.5) is 11.5 Å². The zero-order valence-electron chi connectivity index (χ0n) is 13.9. The fourth-order valence-corrected chi connectivity index (χ4v) is 2.93. The van der Waals surface area contributed by atoms with Gasteiger partial charge in [-0.25, -0.2) is 9.97 Å². The van der Waals surface area contributed by atoms with Gasteiger partial charge < -0.3 is 5.32 Å². The molecule has 0 aliphatic heterocycles. The number of nitrogens with zero attached hydrogens (tertiary/aromatic N) is 2. The zero-order chi connectivity index (χ0) is 17.8. The average molecular weight is 402 g/mol. The average Bonchev–Trinajstić information content (AvgIpc) is 2.70. The highest BCUT2D eigenvalue weighted by Gasteiger charge is 2.09. The lowest BCUT2D eigenvalue weighted by atomic mass is 10.1. The normalized spacial score (nSPS) is 10.5. The molecule has 0 aliphatic rings. The number of anilines is 2. The minimum Gasteiger partial charge on any atom is -0.340 e. The van der Waals surface area contributed by atoms with Gasteiger partial charge in [0, 0.05) is 27.4 Å². The molecule has 0 radical (unpaired) electrons. The molecule has 0 saturated carbocycles. The fourth-order valence-electron chi connectivity index (χ4n) is 2.67. The van der Waals surface area contributed by atoms with Crippen molar-refractivity contribution in [3.05, 3.63) is 95.5 Å². The Labute approximate surface area is 160 Å². The molecule has 0 fully saturated rings. The molecule has 4 rings (SSSR count). The third kappa shape index (κ3) is 3.81. The van der Waals surface area contributed by atoms with Crippen molar-refractivity contribution in [3.63, 3.8) is 0 Å². The number of para-hydroxylation sites is 1. The molecule has 3 aromatic carbocycles. The molecule has 0 atom stereocenters. The maximum Gasteiger partial charge on any atom is 0.162 e. The number of rotatable bonds is 4. The first kappa shape index (κ1) is 16.5. The second-order valence-electron chi connectivity index (χ2n) is 5.83. The molecule has 0 saturated heterocycles. The van der Waals surface area contributed by atoms with Crippen molar-refractivity contribution in [1.29, 1.82) is 0 Å². The van der Waals surface area contributed by atoms with Crippen LogP contribution < -0.4 is 5.32 Å². The molecule has 1 heterocycles. The molecular weight excluding hydrogens is 386 g/mol.